The molecule has 0 heterocycles. The maximum atomic E-state index is 3.65. The van der Waals surface area contributed by atoms with E-state index in [1.807, 2.05) is 0 Å². The van der Waals surface area contributed by atoms with Crippen LogP contribution in [0.3, 0.4) is 0 Å². The molecule has 142 valence electrons. The summed E-state index contributed by atoms with van der Waals surface area (Å²) in [5.41, 5.74) is 10.4. The maximum absolute atomic E-state index is 3.65. The number of hydrogen-bond acceptors (Lipinski definition) is 0. The third-order valence-electron chi connectivity index (χ3n) is 4.98. The summed E-state index contributed by atoms with van der Waals surface area (Å²) >= 11 is 0. The molecule has 0 saturated heterocycles. The first-order valence-electron chi connectivity index (χ1n) is 8.68. The molecular weight excluding hydrogens is 498 g/mol. The van der Waals surface area contributed by atoms with Crippen LogP contribution in [0.15, 0.2) is 91.0 Å². The van der Waals surface area contributed by atoms with Crippen LogP contribution >= 0.6 is 0 Å². The zero-order valence-corrected chi connectivity index (χ0v) is 20.2. The van der Waals surface area contributed by atoms with Crippen LogP contribution in [0.1, 0.15) is 11.1 Å². The topological polar surface area (TPSA) is 0 Å². The number of halogens is 3. The molecule has 0 radical (unpaired) electrons. The summed E-state index contributed by atoms with van der Waals surface area (Å²) in [5, 5.41) is 0. The van der Waals surface area contributed by atoms with Crippen LogP contribution in [0, 0.1) is 6.07 Å². The van der Waals surface area contributed by atoms with Gasteiger partial charge in [0.05, 0.1) is 0 Å². The fourth-order valence-electron chi connectivity index (χ4n) is 3.72. The molecule has 0 aliphatic heterocycles. The Kier molecular flexibility index (Phi) is 9.86. The van der Waals surface area contributed by atoms with Crippen LogP contribution in [0.25, 0.3) is 33.4 Å². The third-order valence-corrected chi connectivity index (χ3v) is 4.98. The summed E-state index contributed by atoms with van der Waals surface area (Å²) < 4.78 is 0. The molecule has 0 bridgehead atoms. The first kappa shape index (κ1) is 25.7. The Morgan fingerprint density at radius 1 is 0.552 bits per heavy atom. The average Bonchev–Trinajstić information content (AvgIpc) is 3.06. The molecule has 4 aromatic rings. The van der Waals surface area contributed by atoms with Gasteiger partial charge in [0.25, 0.3) is 0 Å². The first-order chi connectivity index (χ1) is 12.4. The summed E-state index contributed by atoms with van der Waals surface area (Å²) in [4.78, 5) is 0. The zero-order chi connectivity index (χ0) is 16.6. The number of fused-ring (bicyclic) bond motifs is 3. The van der Waals surface area contributed by atoms with Crippen LogP contribution in [-0.4, -0.2) is 0 Å². The second-order valence-electron chi connectivity index (χ2n) is 6.54. The Hall–Kier alpha value is -1.37. The summed E-state index contributed by atoms with van der Waals surface area (Å²) in [5.74, 6) is 0. The standard InChI is InChI=1S/C25H17.3ClH.Zr/c1-3-7-18(8-4-1)20-11-13-24-22(15-20)17-23-16-21(12-14-25(23)24)19-9-5-2-6-10-19;;;;/h1-15H,17H2;3*1H;/q-1;;;;+4/p-3. The molecule has 1 aliphatic rings. The minimum atomic E-state index is 0. The predicted octanol–water partition coefficient (Wildman–Crippen LogP) is -2.60. The molecule has 0 atom stereocenters. The van der Waals surface area contributed by atoms with E-state index in [9.17, 15) is 0 Å². The van der Waals surface area contributed by atoms with Gasteiger partial charge in [0.15, 0.2) is 0 Å². The molecule has 4 heteroatoms. The van der Waals surface area contributed by atoms with Crippen molar-refractivity contribution < 1.29 is 63.4 Å². The Labute approximate surface area is 210 Å². The van der Waals surface area contributed by atoms with Gasteiger partial charge in [0.1, 0.15) is 0 Å². The Bertz CT molecular complexity index is 977. The van der Waals surface area contributed by atoms with Crippen molar-refractivity contribution in [2.75, 3.05) is 0 Å². The molecule has 0 N–H and O–H groups in total. The van der Waals surface area contributed by atoms with E-state index in [0.717, 1.165) is 6.42 Å². The molecule has 0 saturated carbocycles. The van der Waals surface area contributed by atoms with Crippen molar-refractivity contribution in [3.8, 4) is 33.4 Å². The van der Waals surface area contributed by atoms with Crippen LogP contribution in [-0.2, 0) is 32.6 Å². The Balaban J connectivity index is 0.00000105. The van der Waals surface area contributed by atoms with Crippen LogP contribution in [0.5, 0.6) is 0 Å². The van der Waals surface area contributed by atoms with Crippen molar-refractivity contribution in [1.82, 2.24) is 0 Å². The van der Waals surface area contributed by atoms with Gasteiger partial charge in [-0.25, -0.2) is 0 Å². The predicted molar refractivity (Wildman–Crippen MR) is 104 cm³/mol. The van der Waals surface area contributed by atoms with E-state index in [4.69, 9.17) is 0 Å². The van der Waals surface area contributed by atoms with Crippen LogP contribution in [0.2, 0.25) is 0 Å². The van der Waals surface area contributed by atoms with Gasteiger partial charge in [-0.15, -0.1) is 29.3 Å². The van der Waals surface area contributed by atoms with Gasteiger partial charge >= 0.3 is 26.2 Å². The van der Waals surface area contributed by atoms with Gasteiger partial charge in [0.2, 0.25) is 0 Å². The van der Waals surface area contributed by atoms with Crippen molar-refractivity contribution in [2.45, 2.75) is 6.42 Å². The number of rotatable bonds is 2. The summed E-state index contributed by atoms with van der Waals surface area (Å²) in [6.07, 6.45) is 0.964. The minimum absolute atomic E-state index is 0. The van der Waals surface area contributed by atoms with Gasteiger partial charge < -0.3 is 37.2 Å². The fourth-order valence-corrected chi connectivity index (χ4v) is 3.72. The van der Waals surface area contributed by atoms with E-state index >= 15 is 0 Å². The van der Waals surface area contributed by atoms with Crippen molar-refractivity contribution in [3.05, 3.63) is 108 Å². The van der Waals surface area contributed by atoms with Crippen molar-refractivity contribution >= 4 is 0 Å². The van der Waals surface area contributed by atoms with E-state index in [1.165, 1.54) is 44.5 Å². The molecule has 0 aromatic heterocycles. The normalized spacial score (nSPS) is 10.2. The van der Waals surface area contributed by atoms with E-state index < -0.39 is 0 Å². The van der Waals surface area contributed by atoms with E-state index in [2.05, 4.69) is 97.1 Å². The first-order valence-corrected chi connectivity index (χ1v) is 8.68. The average molecular weight is 515 g/mol. The van der Waals surface area contributed by atoms with Crippen molar-refractivity contribution in [2.24, 2.45) is 0 Å². The van der Waals surface area contributed by atoms with Gasteiger partial charge in [-0.05, 0) is 23.1 Å². The smallest absolute Gasteiger partial charge is 1.00 e. The molecule has 29 heavy (non-hydrogen) atoms. The third kappa shape index (κ3) is 5.04. The molecule has 5 rings (SSSR count). The molecule has 0 fully saturated rings. The molecule has 0 amide bonds. The summed E-state index contributed by atoms with van der Waals surface area (Å²) in [6, 6.07) is 36.0. The van der Waals surface area contributed by atoms with Crippen molar-refractivity contribution in [1.29, 1.82) is 0 Å². The summed E-state index contributed by atoms with van der Waals surface area (Å²) in [7, 11) is 0. The van der Waals surface area contributed by atoms with Crippen LogP contribution < -0.4 is 37.2 Å². The van der Waals surface area contributed by atoms with Gasteiger partial charge in [-0.2, -0.15) is 0 Å². The SMILES string of the molecule is [Cl-].[Cl-].[Cl-].[Zr+4].[c-]1c(-c2ccccc2)ccc2c1Cc1cc(-c3ccccc3)ccc1-2. The van der Waals surface area contributed by atoms with E-state index in [1.54, 1.807) is 0 Å². The largest absolute Gasteiger partial charge is 4.00 e. The molecular formula is C25H17Cl3Zr. The molecule has 4 aromatic carbocycles. The van der Waals surface area contributed by atoms with E-state index in [-0.39, 0.29) is 63.4 Å². The van der Waals surface area contributed by atoms with Crippen molar-refractivity contribution in [3.63, 3.8) is 0 Å². The van der Waals surface area contributed by atoms with Gasteiger partial charge in [0, 0.05) is 0 Å². The zero-order valence-electron chi connectivity index (χ0n) is 15.5. The second kappa shape index (κ2) is 11.1. The molecule has 0 nitrogen and oxygen atoms in total. The maximum Gasteiger partial charge on any atom is 4.00 e. The molecule has 1 aliphatic carbocycles. The Morgan fingerprint density at radius 3 is 1.79 bits per heavy atom. The quantitative estimate of drug-likeness (QED) is 0.227. The Morgan fingerprint density at radius 2 is 1.14 bits per heavy atom. The minimum Gasteiger partial charge on any atom is -1.00 e. The monoisotopic (exact) mass is 512 g/mol. The second-order valence-corrected chi connectivity index (χ2v) is 6.54. The number of hydrogen-bond donors (Lipinski definition) is 0. The van der Waals surface area contributed by atoms with Gasteiger partial charge in [-0.3, -0.25) is 0 Å². The van der Waals surface area contributed by atoms with E-state index in [0.29, 0.717) is 0 Å². The molecule has 0 unspecified atom stereocenters. The fraction of sp³-hybridized carbons (Fsp3) is 0.0400. The molecule has 0 spiro atoms. The van der Waals surface area contributed by atoms with Crippen LogP contribution in [0.4, 0.5) is 0 Å². The number of benzene rings is 4. The van der Waals surface area contributed by atoms with Gasteiger partial charge in [-0.1, -0.05) is 95.6 Å². The summed E-state index contributed by atoms with van der Waals surface area (Å²) in [6.45, 7) is 0.